The number of rotatable bonds is 3. The van der Waals surface area contributed by atoms with Crippen molar-refractivity contribution in [1.82, 2.24) is 0 Å². The quantitative estimate of drug-likeness (QED) is 0.745. The molecule has 1 heterocycles. The maximum absolute atomic E-state index is 11.1. The van der Waals surface area contributed by atoms with E-state index in [4.69, 9.17) is 0 Å². The van der Waals surface area contributed by atoms with E-state index in [9.17, 15) is 4.79 Å². The van der Waals surface area contributed by atoms with Crippen LogP contribution in [0.3, 0.4) is 0 Å². The lowest BCUT2D eigenvalue weighted by Gasteiger charge is -2.40. The Bertz CT molecular complexity index is 411. The Morgan fingerprint density at radius 3 is 2.82 bits per heavy atom. The van der Waals surface area contributed by atoms with Crippen molar-refractivity contribution in [1.29, 1.82) is 0 Å². The Morgan fingerprint density at radius 1 is 1.41 bits per heavy atom. The van der Waals surface area contributed by atoms with Crippen molar-refractivity contribution in [3.8, 4) is 0 Å². The fraction of sp³-hybridized carbons (Fsp3) is 0.533. The molecular formula is C15H21NO. The number of fused-ring (bicyclic) bond motifs is 1. The highest BCUT2D eigenvalue weighted by atomic mass is 16.1. The van der Waals surface area contributed by atoms with Gasteiger partial charge >= 0.3 is 0 Å². The third-order valence-corrected chi connectivity index (χ3v) is 3.56. The second-order valence-electron chi connectivity index (χ2n) is 5.75. The molecule has 0 aromatic heterocycles. The minimum absolute atomic E-state index is 0.279. The van der Waals surface area contributed by atoms with Gasteiger partial charge in [-0.05, 0) is 31.4 Å². The SMILES string of the molecule is CC1CCc2ccccc2N1CC(C)(C)C=O. The van der Waals surface area contributed by atoms with Gasteiger partial charge in [0.05, 0.1) is 0 Å². The van der Waals surface area contributed by atoms with E-state index in [1.165, 1.54) is 17.7 Å². The number of aldehydes is 1. The van der Waals surface area contributed by atoms with Gasteiger partial charge in [0.2, 0.25) is 0 Å². The third kappa shape index (κ3) is 2.51. The summed E-state index contributed by atoms with van der Waals surface area (Å²) >= 11 is 0. The van der Waals surface area contributed by atoms with Crippen molar-refractivity contribution in [2.45, 2.75) is 39.7 Å². The number of carbonyl (C=O) groups excluding carboxylic acids is 1. The first-order valence-electron chi connectivity index (χ1n) is 6.34. The predicted octanol–water partition coefficient (Wildman–Crippen LogP) is 3.05. The lowest BCUT2D eigenvalue weighted by Crippen LogP contribution is -2.43. The highest BCUT2D eigenvalue weighted by Gasteiger charge is 2.28. The third-order valence-electron chi connectivity index (χ3n) is 3.56. The van der Waals surface area contributed by atoms with Gasteiger partial charge in [0.1, 0.15) is 6.29 Å². The van der Waals surface area contributed by atoms with Crippen LogP contribution in [0.4, 0.5) is 5.69 Å². The molecule has 2 nitrogen and oxygen atoms in total. The van der Waals surface area contributed by atoms with Gasteiger partial charge in [-0.15, -0.1) is 0 Å². The highest BCUT2D eigenvalue weighted by molar-refractivity contribution is 5.62. The van der Waals surface area contributed by atoms with Crippen LogP contribution in [-0.2, 0) is 11.2 Å². The summed E-state index contributed by atoms with van der Waals surface area (Å²) in [6.45, 7) is 7.05. The Morgan fingerprint density at radius 2 is 2.12 bits per heavy atom. The summed E-state index contributed by atoms with van der Waals surface area (Å²) in [6.07, 6.45) is 3.39. The number of para-hydroxylation sites is 1. The molecule has 0 radical (unpaired) electrons. The highest BCUT2D eigenvalue weighted by Crippen LogP contribution is 2.32. The average molecular weight is 231 g/mol. The molecule has 0 amide bonds. The number of hydrogen-bond acceptors (Lipinski definition) is 2. The molecule has 92 valence electrons. The van der Waals surface area contributed by atoms with Crippen LogP contribution in [-0.4, -0.2) is 18.9 Å². The Kier molecular flexibility index (Phi) is 3.23. The van der Waals surface area contributed by atoms with E-state index in [1.54, 1.807) is 0 Å². The fourth-order valence-electron chi connectivity index (χ4n) is 2.48. The molecule has 1 aliphatic heterocycles. The summed E-state index contributed by atoms with van der Waals surface area (Å²) in [5.41, 5.74) is 2.44. The second kappa shape index (κ2) is 4.52. The summed E-state index contributed by atoms with van der Waals surface area (Å²) in [5.74, 6) is 0. The van der Waals surface area contributed by atoms with E-state index in [2.05, 4.69) is 36.1 Å². The van der Waals surface area contributed by atoms with E-state index in [1.807, 2.05) is 13.8 Å². The average Bonchev–Trinajstić information content (AvgIpc) is 2.33. The number of benzene rings is 1. The molecule has 0 saturated heterocycles. The van der Waals surface area contributed by atoms with Crippen molar-refractivity contribution in [3.63, 3.8) is 0 Å². The van der Waals surface area contributed by atoms with Crippen LogP contribution in [0.25, 0.3) is 0 Å². The molecule has 1 atom stereocenters. The zero-order valence-corrected chi connectivity index (χ0v) is 10.9. The minimum atomic E-state index is -0.279. The van der Waals surface area contributed by atoms with E-state index in [-0.39, 0.29) is 5.41 Å². The topological polar surface area (TPSA) is 20.3 Å². The zero-order chi connectivity index (χ0) is 12.5. The standard InChI is InChI=1S/C15H21NO/c1-12-8-9-13-6-4-5-7-14(13)16(12)10-15(2,3)11-17/h4-7,11-12H,8-10H2,1-3H3. The lowest BCUT2D eigenvalue weighted by atomic mass is 9.90. The van der Waals surface area contributed by atoms with E-state index >= 15 is 0 Å². The molecule has 0 bridgehead atoms. The number of anilines is 1. The molecule has 0 saturated carbocycles. The molecule has 1 aliphatic rings. The van der Waals surface area contributed by atoms with Gasteiger partial charge in [-0.3, -0.25) is 0 Å². The van der Waals surface area contributed by atoms with Crippen molar-refractivity contribution in [2.24, 2.45) is 5.41 Å². The molecule has 0 N–H and O–H groups in total. The van der Waals surface area contributed by atoms with Gasteiger partial charge in [0.15, 0.2) is 0 Å². The lowest BCUT2D eigenvalue weighted by molar-refractivity contribution is -0.114. The molecule has 2 rings (SSSR count). The van der Waals surface area contributed by atoms with Crippen molar-refractivity contribution in [2.75, 3.05) is 11.4 Å². The first-order valence-corrected chi connectivity index (χ1v) is 6.34. The van der Waals surface area contributed by atoms with Gasteiger partial charge < -0.3 is 9.69 Å². The second-order valence-corrected chi connectivity index (χ2v) is 5.75. The summed E-state index contributed by atoms with van der Waals surface area (Å²) in [7, 11) is 0. The molecule has 0 fully saturated rings. The molecule has 0 spiro atoms. The van der Waals surface area contributed by atoms with Crippen LogP contribution in [0.15, 0.2) is 24.3 Å². The number of carbonyl (C=O) groups is 1. The maximum Gasteiger partial charge on any atom is 0.127 e. The molecule has 1 unspecified atom stereocenters. The van der Waals surface area contributed by atoms with Crippen LogP contribution in [0, 0.1) is 5.41 Å². The first kappa shape index (κ1) is 12.2. The van der Waals surface area contributed by atoms with E-state index in [0.717, 1.165) is 19.3 Å². The summed E-state index contributed by atoms with van der Waals surface area (Å²) < 4.78 is 0. The van der Waals surface area contributed by atoms with Crippen LogP contribution >= 0.6 is 0 Å². The summed E-state index contributed by atoms with van der Waals surface area (Å²) in [6, 6.07) is 9.06. The van der Waals surface area contributed by atoms with Gasteiger partial charge in [0.25, 0.3) is 0 Å². The van der Waals surface area contributed by atoms with Crippen molar-refractivity contribution in [3.05, 3.63) is 29.8 Å². The van der Waals surface area contributed by atoms with Crippen LogP contribution in [0.1, 0.15) is 32.8 Å². The number of hydrogen-bond donors (Lipinski definition) is 0. The van der Waals surface area contributed by atoms with Crippen LogP contribution in [0.5, 0.6) is 0 Å². The van der Waals surface area contributed by atoms with E-state index < -0.39 is 0 Å². The molecule has 0 aliphatic carbocycles. The summed E-state index contributed by atoms with van der Waals surface area (Å²) in [4.78, 5) is 13.5. The van der Waals surface area contributed by atoms with Crippen molar-refractivity contribution < 1.29 is 4.79 Å². The van der Waals surface area contributed by atoms with Crippen molar-refractivity contribution >= 4 is 12.0 Å². The van der Waals surface area contributed by atoms with Gasteiger partial charge in [0, 0.05) is 23.7 Å². The van der Waals surface area contributed by atoms with Gasteiger partial charge in [-0.1, -0.05) is 32.0 Å². The predicted molar refractivity (Wildman–Crippen MR) is 71.4 cm³/mol. The van der Waals surface area contributed by atoms with Crippen LogP contribution in [0.2, 0.25) is 0 Å². The van der Waals surface area contributed by atoms with Gasteiger partial charge in [-0.25, -0.2) is 0 Å². The molecule has 1 aromatic rings. The molecule has 1 aromatic carbocycles. The normalized spacial score (nSPS) is 19.9. The smallest absolute Gasteiger partial charge is 0.127 e. The number of nitrogens with zero attached hydrogens (tertiary/aromatic N) is 1. The van der Waals surface area contributed by atoms with Crippen LogP contribution < -0.4 is 4.90 Å². The summed E-state index contributed by atoms with van der Waals surface area (Å²) in [5, 5.41) is 0. The minimum Gasteiger partial charge on any atom is -0.368 e. The first-order chi connectivity index (χ1) is 8.03. The fourth-order valence-corrected chi connectivity index (χ4v) is 2.48. The van der Waals surface area contributed by atoms with Gasteiger partial charge in [-0.2, -0.15) is 0 Å². The monoisotopic (exact) mass is 231 g/mol. The Hall–Kier alpha value is -1.31. The molecule has 17 heavy (non-hydrogen) atoms. The molecular weight excluding hydrogens is 210 g/mol. The Balaban J connectivity index is 2.30. The number of aryl methyl sites for hydroxylation is 1. The zero-order valence-electron chi connectivity index (χ0n) is 10.9. The van der Waals surface area contributed by atoms with E-state index in [0.29, 0.717) is 6.04 Å². The maximum atomic E-state index is 11.1. The largest absolute Gasteiger partial charge is 0.368 e. The Labute approximate surface area is 104 Å². The molecule has 2 heteroatoms.